The molecule has 0 fully saturated rings. The van der Waals surface area contributed by atoms with E-state index >= 15 is 0 Å². The highest BCUT2D eigenvalue weighted by Crippen LogP contribution is 2.11. The number of nitrogens with one attached hydrogen (secondary N) is 2. The average Bonchev–Trinajstić information content (AvgIpc) is 3.03. The van der Waals surface area contributed by atoms with E-state index in [0.717, 1.165) is 34.1 Å². The maximum atomic E-state index is 12.0. The van der Waals surface area contributed by atoms with E-state index in [9.17, 15) is 4.79 Å². The van der Waals surface area contributed by atoms with E-state index < -0.39 is 0 Å². The molecular weight excluding hydrogens is 541 g/mol. The SMILES string of the molecule is CN=C(NCCCNC(=O)c1ccc(Br)cc1)N(C)Cc1csc(C)n1.I. The normalized spacial score (nSPS) is 10.9. The summed E-state index contributed by atoms with van der Waals surface area (Å²) < 4.78 is 0.960. The van der Waals surface area contributed by atoms with Crippen molar-refractivity contribution < 1.29 is 4.79 Å². The minimum Gasteiger partial charge on any atom is -0.356 e. The first-order valence-corrected chi connectivity index (χ1v) is 10.0. The molecule has 0 radical (unpaired) electrons. The average molecular weight is 566 g/mol. The van der Waals surface area contributed by atoms with E-state index in [1.165, 1.54) is 0 Å². The van der Waals surface area contributed by atoms with Crippen molar-refractivity contribution in [3.8, 4) is 0 Å². The summed E-state index contributed by atoms with van der Waals surface area (Å²) in [6.45, 7) is 4.05. The molecule has 148 valence electrons. The topological polar surface area (TPSA) is 69.6 Å². The van der Waals surface area contributed by atoms with Crippen LogP contribution in [-0.4, -0.2) is 48.9 Å². The second-order valence-corrected chi connectivity index (χ2v) is 7.78. The maximum Gasteiger partial charge on any atom is 0.251 e. The second kappa shape index (κ2) is 12.3. The molecule has 1 aromatic carbocycles. The minimum absolute atomic E-state index is 0. The smallest absolute Gasteiger partial charge is 0.251 e. The number of benzene rings is 1. The third-order valence-corrected chi connectivity index (χ3v) is 5.02. The molecule has 0 atom stereocenters. The van der Waals surface area contributed by atoms with Crippen LogP contribution in [0.25, 0.3) is 0 Å². The van der Waals surface area contributed by atoms with Crippen molar-refractivity contribution in [1.82, 2.24) is 20.5 Å². The van der Waals surface area contributed by atoms with Crippen molar-refractivity contribution in [3.63, 3.8) is 0 Å². The van der Waals surface area contributed by atoms with Gasteiger partial charge in [-0.3, -0.25) is 9.79 Å². The third kappa shape index (κ3) is 8.14. The summed E-state index contributed by atoms with van der Waals surface area (Å²) in [7, 11) is 3.75. The van der Waals surface area contributed by atoms with Crippen molar-refractivity contribution in [3.05, 3.63) is 50.4 Å². The molecule has 27 heavy (non-hydrogen) atoms. The molecule has 0 saturated carbocycles. The second-order valence-electron chi connectivity index (χ2n) is 5.80. The van der Waals surface area contributed by atoms with Gasteiger partial charge in [-0.15, -0.1) is 35.3 Å². The number of hydrogen-bond acceptors (Lipinski definition) is 4. The van der Waals surface area contributed by atoms with Gasteiger partial charge in [0.05, 0.1) is 17.2 Å². The third-order valence-electron chi connectivity index (χ3n) is 3.67. The van der Waals surface area contributed by atoms with Gasteiger partial charge < -0.3 is 15.5 Å². The van der Waals surface area contributed by atoms with Crippen LogP contribution in [0.1, 0.15) is 27.5 Å². The Hall–Kier alpha value is -1.20. The number of aromatic nitrogens is 1. The first-order chi connectivity index (χ1) is 12.5. The lowest BCUT2D eigenvalue weighted by Gasteiger charge is -2.21. The first kappa shape index (κ1) is 23.8. The van der Waals surface area contributed by atoms with Gasteiger partial charge in [-0.05, 0) is 37.6 Å². The number of amides is 1. The number of halogens is 2. The summed E-state index contributed by atoms with van der Waals surface area (Å²) in [5.41, 5.74) is 1.70. The molecule has 2 rings (SSSR count). The van der Waals surface area contributed by atoms with Crippen LogP contribution >= 0.6 is 51.2 Å². The van der Waals surface area contributed by atoms with Gasteiger partial charge in [-0.2, -0.15) is 0 Å². The van der Waals surface area contributed by atoms with Crippen LogP contribution in [0.3, 0.4) is 0 Å². The van der Waals surface area contributed by atoms with Crippen LogP contribution in [0.4, 0.5) is 0 Å². The van der Waals surface area contributed by atoms with Crippen LogP contribution in [0.15, 0.2) is 39.1 Å². The van der Waals surface area contributed by atoms with Crippen molar-refractivity contribution in [2.45, 2.75) is 19.9 Å². The molecule has 0 spiro atoms. The summed E-state index contributed by atoms with van der Waals surface area (Å²) in [5.74, 6) is 0.757. The predicted molar refractivity (Wildman–Crippen MR) is 126 cm³/mol. The molecule has 2 N–H and O–H groups in total. The van der Waals surface area contributed by atoms with Crippen LogP contribution in [0.5, 0.6) is 0 Å². The summed E-state index contributed by atoms with van der Waals surface area (Å²) in [6, 6.07) is 7.32. The molecule has 2 aromatic rings. The standard InChI is InChI=1S/C18H24BrN5OS.HI/c1-13-23-16(12-26-13)11-24(3)18(20-2)22-10-4-9-21-17(25)14-5-7-15(19)8-6-14;/h5-8,12H,4,9-11H2,1-3H3,(H,20,22)(H,21,25);1H. The molecule has 0 saturated heterocycles. The molecule has 0 unspecified atom stereocenters. The van der Waals surface area contributed by atoms with Gasteiger partial charge in [0.2, 0.25) is 0 Å². The fourth-order valence-corrected chi connectivity index (χ4v) is 3.25. The fraction of sp³-hybridized carbons (Fsp3) is 0.389. The molecule has 9 heteroatoms. The van der Waals surface area contributed by atoms with E-state index in [4.69, 9.17) is 0 Å². The number of thiazole rings is 1. The van der Waals surface area contributed by atoms with Crippen molar-refractivity contribution in [2.24, 2.45) is 4.99 Å². The van der Waals surface area contributed by atoms with Gasteiger partial charge in [0.15, 0.2) is 5.96 Å². The molecule has 6 nitrogen and oxygen atoms in total. The maximum absolute atomic E-state index is 12.0. The van der Waals surface area contributed by atoms with Gasteiger partial charge in [-0.25, -0.2) is 4.98 Å². The van der Waals surface area contributed by atoms with Crippen molar-refractivity contribution >= 4 is 63.1 Å². The molecule has 0 aliphatic carbocycles. The van der Waals surface area contributed by atoms with Crippen LogP contribution in [0.2, 0.25) is 0 Å². The fourth-order valence-electron chi connectivity index (χ4n) is 2.38. The van der Waals surface area contributed by atoms with Gasteiger partial charge in [0, 0.05) is 42.6 Å². The minimum atomic E-state index is -0.0575. The number of carbonyl (C=O) groups excluding carboxylic acids is 1. The Labute approximate surface area is 190 Å². The van der Waals surface area contributed by atoms with E-state index in [-0.39, 0.29) is 29.9 Å². The van der Waals surface area contributed by atoms with Gasteiger partial charge >= 0.3 is 0 Å². The van der Waals surface area contributed by atoms with Crippen LogP contribution in [-0.2, 0) is 6.54 Å². The zero-order chi connectivity index (χ0) is 18.9. The zero-order valence-corrected chi connectivity index (χ0v) is 20.4. The summed E-state index contributed by atoms with van der Waals surface area (Å²) in [6.07, 6.45) is 0.810. The number of carbonyl (C=O) groups is 1. The largest absolute Gasteiger partial charge is 0.356 e. The molecule has 0 bridgehead atoms. The Kier molecular flexibility index (Phi) is 10.9. The van der Waals surface area contributed by atoms with Gasteiger partial charge in [0.1, 0.15) is 0 Å². The summed E-state index contributed by atoms with van der Waals surface area (Å²) in [4.78, 5) is 22.8. The van der Waals surface area contributed by atoms with Crippen LogP contribution < -0.4 is 10.6 Å². The van der Waals surface area contributed by atoms with Crippen molar-refractivity contribution in [1.29, 1.82) is 0 Å². The molecule has 1 heterocycles. The molecule has 1 aromatic heterocycles. The zero-order valence-electron chi connectivity index (χ0n) is 15.7. The molecule has 0 aliphatic heterocycles. The Balaban J connectivity index is 0.00000364. The lowest BCUT2D eigenvalue weighted by atomic mass is 10.2. The van der Waals surface area contributed by atoms with E-state index in [1.807, 2.05) is 31.0 Å². The van der Waals surface area contributed by atoms with Crippen LogP contribution in [0, 0.1) is 6.92 Å². The predicted octanol–water partition coefficient (Wildman–Crippen LogP) is 3.66. The highest BCUT2D eigenvalue weighted by molar-refractivity contribution is 14.0. The van der Waals surface area contributed by atoms with E-state index in [2.05, 4.69) is 41.9 Å². The molecule has 1 amide bonds. The Morgan fingerprint density at radius 2 is 1.93 bits per heavy atom. The summed E-state index contributed by atoms with van der Waals surface area (Å²) in [5, 5.41) is 9.37. The quantitative estimate of drug-likeness (QED) is 0.233. The van der Waals surface area contributed by atoms with E-state index in [0.29, 0.717) is 18.7 Å². The Morgan fingerprint density at radius 3 is 2.52 bits per heavy atom. The number of aliphatic imine (C=N–C) groups is 1. The summed E-state index contributed by atoms with van der Waals surface area (Å²) >= 11 is 5.01. The molecular formula is C18H25BrIN5OS. The Bertz CT molecular complexity index is 750. The van der Waals surface area contributed by atoms with Crippen molar-refractivity contribution in [2.75, 3.05) is 27.2 Å². The number of aryl methyl sites for hydroxylation is 1. The van der Waals surface area contributed by atoms with E-state index in [1.54, 1.807) is 30.5 Å². The molecule has 0 aliphatic rings. The highest BCUT2D eigenvalue weighted by atomic mass is 127. The van der Waals surface area contributed by atoms with Gasteiger partial charge in [-0.1, -0.05) is 15.9 Å². The lowest BCUT2D eigenvalue weighted by molar-refractivity contribution is 0.0953. The number of hydrogen-bond donors (Lipinski definition) is 2. The number of rotatable bonds is 7. The number of guanidine groups is 1. The lowest BCUT2D eigenvalue weighted by Crippen LogP contribution is -2.39. The Morgan fingerprint density at radius 1 is 1.26 bits per heavy atom. The van der Waals surface area contributed by atoms with Gasteiger partial charge in [0.25, 0.3) is 5.91 Å². The number of nitrogens with zero attached hydrogens (tertiary/aromatic N) is 3. The monoisotopic (exact) mass is 565 g/mol. The first-order valence-electron chi connectivity index (χ1n) is 8.36. The highest BCUT2D eigenvalue weighted by Gasteiger charge is 2.08.